The number of rotatable bonds is 7. The van der Waals surface area contributed by atoms with Gasteiger partial charge in [0.1, 0.15) is 23.9 Å². The minimum atomic E-state index is -0.546. The van der Waals surface area contributed by atoms with Crippen LogP contribution in [0, 0.1) is 24.0 Å². The third-order valence-corrected chi connectivity index (χ3v) is 4.31. The summed E-state index contributed by atoms with van der Waals surface area (Å²) in [5.41, 5.74) is 1.66. The highest BCUT2D eigenvalue weighted by molar-refractivity contribution is 6.04. The molecule has 150 valence electrons. The Balaban J connectivity index is 1.80. The van der Waals surface area contributed by atoms with Crippen LogP contribution in [0.25, 0.3) is 0 Å². The van der Waals surface area contributed by atoms with Crippen molar-refractivity contribution in [3.05, 3.63) is 75.2 Å². The fraction of sp³-hybridized carbons (Fsp3) is 0.200. The van der Waals surface area contributed by atoms with Gasteiger partial charge in [-0.25, -0.2) is 0 Å². The Morgan fingerprint density at radius 1 is 1.21 bits per heavy atom. The van der Waals surface area contributed by atoms with E-state index in [1.54, 1.807) is 6.92 Å². The predicted molar refractivity (Wildman–Crippen MR) is 104 cm³/mol. The van der Waals surface area contributed by atoms with E-state index in [9.17, 15) is 14.9 Å². The Morgan fingerprint density at radius 2 is 1.97 bits per heavy atom. The number of hydrogen-bond donors (Lipinski definition) is 1. The topological polar surface area (TPSA) is 117 Å². The van der Waals surface area contributed by atoms with Gasteiger partial charge >= 0.3 is 0 Å². The molecule has 0 saturated carbocycles. The van der Waals surface area contributed by atoms with Crippen LogP contribution < -0.4 is 14.8 Å². The van der Waals surface area contributed by atoms with Gasteiger partial charge < -0.3 is 19.3 Å². The van der Waals surface area contributed by atoms with Crippen molar-refractivity contribution in [3.8, 4) is 11.5 Å². The first kappa shape index (κ1) is 19.9. The molecule has 0 radical (unpaired) electrons. The number of nitro benzene ring substituents is 1. The van der Waals surface area contributed by atoms with Crippen LogP contribution in [0.5, 0.6) is 11.5 Å². The van der Waals surface area contributed by atoms with Gasteiger partial charge in [0.05, 0.1) is 29.4 Å². The minimum absolute atomic E-state index is 0.0662. The third-order valence-electron chi connectivity index (χ3n) is 4.31. The molecule has 0 spiro atoms. The Labute approximate surface area is 166 Å². The largest absolute Gasteiger partial charge is 0.494 e. The van der Waals surface area contributed by atoms with Crippen molar-refractivity contribution >= 4 is 17.3 Å². The zero-order chi connectivity index (χ0) is 21.0. The maximum absolute atomic E-state index is 12.7. The molecule has 1 amide bonds. The Morgan fingerprint density at radius 3 is 2.66 bits per heavy atom. The van der Waals surface area contributed by atoms with Gasteiger partial charge in [0, 0.05) is 6.07 Å². The van der Waals surface area contributed by atoms with Crippen molar-refractivity contribution in [2.45, 2.75) is 20.5 Å². The molecular formula is C20H19N3O6. The van der Waals surface area contributed by atoms with Crippen LogP contribution in [0.15, 0.2) is 47.0 Å². The van der Waals surface area contributed by atoms with Crippen LogP contribution in [0.3, 0.4) is 0 Å². The van der Waals surface area contributed by atoms with E-state index < -0.39 is 10.8 Å². The average molecular weight is 397 g/mol. The summed E-state index contributed by atoms with van der Waals surface area (Å²) in [6.45, 7) is 3.71. The van der Waals surface area contributed by atoms with Crippen molar-refractivity contribution in [2.75, 3.05) is 12.4 Å². The lowest BCUT2D eigenvalue weighted by Crippen LogP contribution is -2.16. The zero-order valence-corrected chi connectivity index (χ0v) is 16.1. The van der Waals surface area contributed by atoms with E-state index >= 15 is 0 Å². The van der Waals surface area contributed by atoms with Gasteiger partial charge in [-0.3, -0.25) is 14.9 Å². The summed E-state index contributed by atoms with van der Waals surface area (Å²) < 4.78 is 16.1. The van der Waals surface area contributed by atoms with E-state index in [1.807, 2.05) is 31.2 Å². The number of amides is 1. The van der Waals surface area contributed by atoms with E-state index in [0.717, 1.165) is 5.56 Å². The molecule has 1 heterocycles. The highest BCUT2D eigenvalue weighted by Gasteiger charge is 2.22. The average Bonchev–Trinajstić information content (AvgIpc) is 3.08. The lowest BCUT2D eigenvalue weighted by Gasteiger charge is -2.11. The number of nitrogens with zero attached hydrogens (tertiary/aromatic N) is 2. The van der Waals surface area contributed by atoms with E-state index in [4.69, 9.17) is 14.0 Å². The van der Waals surface area contributed by atoms with Crippen LogP contribution in [0.2, 0.25) is 0 Å². The second kappa shape index (κ2) is 8.42. The second-order valence-corrected chi connectivity index (χ2v) is 6.22. The number of nitro groups is 1. The van der Waals surface area contributed by atoms with Crippen LogP contribution in [0.4, 0.5) is 11.4 Å². The number of anilines is 1. The van der Waals surface area contributed by atoms with Crippen molar-refractivity contribution in [3.63, 3.8) is 0 Å². The minimum Gasteiger partial charge on any atom is -0.494 e. The summed E-state index contributed by atoms with van der Waals surface area (Å²) in [5.74, 6) is 0.763. The molecule has 9 heteroatoms. The number of ether oxygens (including phenoxy) is 2. The number of nitrogens with one attached hydrogen (secondary N) is 1. The van der Waals surface area contributed by atoms with Crippen molar-refractivity contribution in [1.82, 2.24) is 5.16 Å². The molecule has 0 atom stereocenters. The second-order valence-electron chi connectivity index (χ2n) is 6.22. The van der Waals surface area contributed by atoms with Gasteiger partial charge in [0.25, 0.3) is 11.6 Å². The first-order valence-electron chi connectivity index (χ1n) is 8.68. The van der Waals surface area contributed by atoms with Crippen LogP contribution >= 0.6 is 0 Å². The third kappa shape index (κ3) is 4.34. The number of carbonyl (C=O) groups excluding carboxylic acids is 1. The van der Waals surface area contributed by atoms with Crippen molar-refractivity contribution in [1.29, 1.82) is 0 Å². The van der Waals surface area contributed by atoms with E-state index in [2.05, 4.69) is 10.5 Å². The van der Waals surface area contributed by atoms with Crippen LogP contribution in [-0.2, 0) is 6.61 Å². The van der Waals surface area contributed by atoms with Gasteiger partial charge in [-0.2, -0.15) is 0 Å². The molecule has 1 aromatic heterocycles. The molecule has 29 heavy (non-hydrogen) atoms. The summed E-state index contributed by atoms with van der Waals surface area (Å²) in [4.78, 5) is 23.1. The van der Waals surface area contributed by atoms with Crippen LogP contribution in [0.1, 0.15) is 27.4 Å². The molecule has 0 aliphatic rings. The molecule has 0 saturated heterocycles. The van der Waals surface area contributed by atoms with Gasteiger partial charge in [0.15, 0.2) is 5.69 Å². The normalized spacial score (nSPS) is 10.4. The molecule has 9 nitrogen and oxygen atoms in total. The van der Waals surface area contributed by atoms with Gasteiger partial charge in [-0.15, -0.1) is 0 Å². The van der Waals surface area contributed by atoms with Gasteiger partial charge in [-0.05, 0) is 31.5 Å². The molecule has 2 aromatic carbocycles. The first-order chi connectivity index (χ1) is 13.9. The molecule has 0 bridgehead atoms. The quantitative estimate of drug-likeness (QED) is 0.472. The molecule has 3 rings (SSSR count). The van der Waals surface area contributed by atoms with Crippen molar-refractivity contribution in [2.24, 2.45) is 0 Å². The molecule has 3 aromatic rings. The Bertz CT molecular complexity index is 1060. The standard InChI is InChI=1S/C20H19N3O6/c1-12-6-4-5-7-17(12)28-11-15-13(2)29-22-19(15)20(24)21-16-9-8-14(23(25)26)10-18(16)27-3/h4-10H,11H2,1-3H3,(H,21,24). The first-order valence-corrected chi connectivity index (χ1v) is 8.68. The predicted octanol–water partition coefficient (Wildman–Crippen LogP) is 4.04. The molecule has 0 fully saturated rings. The monoisotopic (exact) mass is 397 g/mol. The van der Waals surface area contributed by atoms with Crippen LogP contribution in [-0.4, -0.2) is 23.1 Å². The molecule has 0 aliphatic heterocycles. The number of aryl methyl sites for hydroxylation is 2. The lowest BCUT2D eigenvalue weighted by atomic mass is 10.2. The van der Waals surface area contributed by atoms with Crippen molar-refractivity contribution < 1.29 is 23.7 Å². The summed E-state index contributed by atoms with van der Waals surface area (Å²) in [5, 5.41) is 17.4. The van der Waals surface area contributed by atoms with E-state index in [1.165, 1.54) is 25.3 Å². The zero-order valence-electron chi connectivity index (χ0n) is 16.1. The SMILES string of the molecule is COc1cc([N+](=O)[O-])ccc1NC(=O)c1noc(C)c1COc1ccccc1C. The Kier molecular flexibility index (Phi) is 5.77. The lowest BCUT2D eigenvalue weighted by molar-refractivity contribution is -0.384. The maximum atomic E-state index is 12.7. The summed E-state index contributed by atoms with van der Waals surface area (Å²) in [7, 11) is 1.36. The van der Waals surface area contributed by atoms with Gasteiger partial charge in [-0.1, -0.05) is 23.4 Å². The highest BCUT2D eigenvalue weighted by Crippen LogP contribution is 2.30. The molecule has 0 aliphatic carbocycles. The number of non-ortho nitro benzene ring substituents is 1. The summed E-state index contributed by atoms with van der Waals surface area (Å²) in [6.07, 6.45) is 0. The van der Waals surface area contributed by atoms with Gasteiger partial charge in [0.2, 0.25) is 0 Å². The highest BCUT2D eigenvalue weighted by atomic mass is 16.6. The number of carbonyl (C=O) groups is 1. The smallest absolute Gasteiger partial charge is 0.278 e. The molecule has 1 N–H and O–H groups in total. The number of aromatic nitrogens is 1. The maximum Gasteiger partial charge on any atom is 0.278 e. The number of benzene rings is 2. The fourth-order valence-corrected chi connectivity index (χ4v) is 2.69. The summed E-state index contributed by atoms with van der Waals surface area (Å²) >= 11 is 0. The Hall–Kier alpha value is -3.88. The fourth-order valence-electron chi connectivity index (χ4n) is 2.69. The molecular weight excluding hydrogens is 378 g/mol. The number of para-hydroxylation sites is 1. The number of methoxy groups -OCH3 is 1. The van der Waals surface area contributed by atoms with E-state index in [-0.39, 0.29) is 29.4 Å². The van der Waals surface area contributed by atoms with E-state index in [0.29, 0.717) is 17.1 Å². The summed E-state index contributed by atoms with van der Waals surface area (Å²) in [6, 6.07) is 11.4. The number of hydrogen-bond acceptors (Lipinski definition) is 7. The molecule has 0 unspecified atom stereocenters.